The highest BCUT2D eigenvalue weighted by Crippen LogP contribution is 2.38. The zero-order valence-corrected chi connectivity index (χ0v) is 25.8. The Bertz CT molecular complexity index is 1420. The molecule has 0 atom stereocenters. The molecule has 0 radical (unpaired) electrons. The number of amidine groups is 1. The number of methoxy groups -OCH3 is 2. The van der Waals surface area contributed by atoms with E-state index in [0.717, 1.165) is 32.6 Å². The second kappa shape index (κ2) is 14.9. The average Bonchev–Trinajstić information content (AvgIpc) is 3.26. The highest BCUT2D eigenvalue weighted by molar-refractivity contribution is 9.10. The van der Waals surface area contributed by atoms with Crippen molar-refractivity contribution in [2.75, 3.05) is 34.0 Å². The fraction of sp³-hybridized carbons (Fsp3) is 0.250. The van der Waals surface area contributed by atoms with Gasteiger partial charge < -0.3 is 18.9 Å². The Morgan fingerprint density at radius 1 is 1.05 bits per heavy atom. The van der Waals surface area contributed by atoms with E-state index in [-0.39, 0.29) is 5.91 Å². The van der Waals surface area contributed by atoms with Gasteiger partial charge in [0.25, 0.3) is 5.91 Å². The number of allylic oxidation sites excluding steroid dienone is 1. The van der Waals surface area contributed by atoms with Gasteiger partial charge in [-0.15, -0.1) is 6.58 Å². The largest absolute Gasteiger partial charge is 0.497 e. The lowest BCUT2D eigenvalue weighted by Crippen LogP contribution is -2.32. The van der Waals surface area contributed by atoms with Gasteiger partial charge >= 0.3 is 0 Å². The molecule has 3 aromatic carbocycles. The number of hydrogen-bond acceptors (Lipinski definition) is 7. The Kier molecular flexibility index (Phi) is 11.1. The number of benzene rings is 3. The van der Waals surface area contributed by atoms with Crippen LogP contribution < -0.4 is 14.2 Å². The molecule has 0 N–H and O–H groups in total. The van der Waals surface area contributed by atoms with Crippen molar-refractivity contribution in [3.8, 4) is 17.2 Å². The van der Waals surface area contributed by atoms with Crippen molar-refractivity contribution in [2.24, 2.45) is 4.99 Å². The van der Waals surface area contributed by atoms with Gasteiger partial charge in [0.15, 0.2) is 16.7 Å². The topological polar surface area (TPSA) is 69.6 Å². The predicted octanol–water partition coefficient (Wildman–Crippen LogP) is 7.41. The fourth-order valence-corrected chi connectivity index (χ4v) is 5.42. The number of hydrogen-bond donors (Lipinski definition) is 0. The minimum atomic E-state index is -0.127. The quantitative estimate of drug-likeness (QED) is 0.144. The summed E-state index contributed by atoms with van der Waals surface area (Å²) in [4.78, 5) is 20.4. The molecule has 0 aliphatic carbocycles. The Labute approximate surface area is 254 Å². The first-order chi connectivity index (χ1) is 19.9. The van der Waals surface area contributed by atoms with Crippen LogP contribution in [0.2, 0.25) is 0 Å². The van der Waals surface area contributed by atoms with E-state index < -0.39 is 0 Å². The number of carbonyl (C=O) groups excluding carboxylic acids is 1. The van der Waals surface area contributed by atoms with Crippen LogP contribution in [0.25, 0.3) is 6.08 Å². The van der Waals surface area contributed by atoms with E-state index in [1.165, 1.54) is 11.8 Å². The average molecular weight is 638 g/mol. The van der Waals surface area contributed by atoms with Crippen LogP contribution in [0, 0.1) is 0 Å². The van der Waals surface area contributed by atoms with Crippen LogP contribution in [0.1, 0.15) is 23.6 Å². The zero-order chi connectivity index (χ0) is 29.2. The molecule has 41 heavy (non-hydrogen) atoms. The van der Waals surface area contributed by atoms with Crippen LogP contribution in [0.5, 0.6) is 17.2 Å². The highest BCUT2D eigenvalue weighted by atomic mass is 79.9. The molecule has 0 unspecified atom stereocenters. The summed E-state index contributed by atoms with van der Waals surface area (Å²) in [6.45, 7) is 7.51. The van der Waals surface area contributed by atoms with Crippen LogP contribution in [-0.2, 0) is 22.6 Å². The lowest BCUT2D eigenvalue weighted by Gasteiger charge is -2.17. The molecule has 7 nitrogen and oxygen atoms in total. The monoisotopic (exact) mass is 636 g/mol. The second-order valence-electron chi connectivity index (χ2n) is 9.00. The van der Waals surface area contributed by atoms with Gasteiger partial charge in [-0.1, -0.05) is 34.1 Å². The molecule has 214 valence electrons. The summed E-state index contributed by atoms with van der Waals surface area (Å²) in [5.41, 5.74) is 3.52. The molecule has 9 heteroatoms. The molecule has 0 saturated carbocycles. The lowest BCUT2D eigenvalue weighted by atomic mass is 10.0. The van der Waals surface area contributed by atoms with Gasteiger partial charge in [0.05, 0.1) is 37.5 Å². The number of ether oxygens (including phenoxy) is 4. The van der Waals surface area contributed by atoms with Crippen molar-refractivity contribution in [3.05, 3.63) is 99.4 Å². The summed E-state index contributed by atoms with van der Waals surface area (Å²) in [5.74, 6) is 1.91. The van der Waals surface area contributed by atoms with Crippen molar-refractivity contribution in [3.63, 3.8) is 0 Å². The molecule has 1 aliphatic rings. The van der Waals surface area contributed by atoms with Gasteiger partial charge in [0.2, 0.25) is 0 Å². The Hall–Kier alpha value is -3.53. The van der Waals surface area contributed by atoms with Gasteiger partial charge in [-0.25, -0.2) is 4.99 Å². The lowest BCUT2D eigenvalue weighted by molar-refractivity contribution is -0.122. The molecular weight excluding hydrogens is 604 g/mol. The molecule has 4 rings (SSSR count). The SMILES string of the molecule is C=CCc1cc(/C=C2\SC(=Nc3ccc(OC)cc3)N(CCOC)C2=O)cc(OCC)c1OCc1ccc(Br)cc1. The van der Waals surface area contributed by atoms with Gasteiger partial charge in [0.1, 0.15) is 12.4 Å². The first-order valence-electron chi connectivity index (χ1n) is 13.2. The first kappa shape index (κ1) is 30.4. The molecule has 1 aliphatic heterocycles. The van der Waals surface area contributed by atoms with Crippen LogP contribution in [-0.4, -0.2) is 50.0 Å². The van der Waals surface area contributed by atoms with Gasteiger partial charge in [-0.05, 0) is 90.8 Å². The number of amides is 1. The molecule has 1 heterocycles. The maximum absolute atomic E-state index is 13.5. The van der Waals surface area contributed by atoms with Crippen molar-refractivity contribution in [2.45, 2.75) is 20.0 Å². The van der Waals surface area contributed by atoms with Gasteiger partial charge in [-0.2, -0.15) is 0 Å². The molecular formula is C32H33BrN2O5S. The zero-order valence-electron chi connectivity index (χ0n) is 23.4. The maximum Gasteiger partial charge on any atom is 0.266 e. The van der Waals surface area contributed by atoms with E-state index in [0.29, 0.717) is 54.4 Å². The number of carbonyl (C=O) groups is 1. The number of halogens is 1. The fourth-order valence-electron chi connectivity index (χ4n) is 4.13. The number of thioether (sulfide) groups is 1. The van der Waals surface area contributed by atoms with Crippen molar-refractivity contribution >= 4 is 50.5 Å². The summed E-state index contributed by atoms with van der Waals surface area (Å²) >= 11 is 4.80. The molecule has 1 amide bonds. The summed E-state index contributed by atoms with van der Waals surface area (Å²) in [7, 11) is 3.23. The molecule has 1 saturated heterocycles. The highest BCUT2D eigenvalue weighted by Gasteiger charge is 2.33. The Morgan fingerprint density at radius 3 is 2.46 bits per heavy atom. The van der Waals surface area contributed by atoms with E-state index in [4.69, 9.17) is 23.9 Å². The molecule has 3 aromatic rings. The Balaban J connectivity index is 1.66. The first-order valence-corrected chi connectivity index (χ1v) is 14.8. The van der Waals surface area contributed by atoms with Crippen molar-refractivity contribution in [1.82, 2.24) is 4.90 Å². The summed E-state index contributed by atoms with van der Waals surface area (Å²) in [6.07, 6.45) is 4.28. The predicted molar refractivity (Wildman–Crippen MR) is 169 cm³/mol. The van der Waals surface area contributed by atoms with Gasteiger partial charge in [-0.3, -0.25) is 9.69 Å². The third-order valence-electron chi connectivity index (χ3n) is 6.12. The third-order valence-corrected chi connectivity index (χ3v) is 7.65. The number of aliphatic imine (C=N–C) groups is 1. The van der Waals surface area contributed by atoms with E-state index in [9.17, 15) is 4.79 Å². The van der Waals surface area contributed by atoms with E-state index in [1.807, 2.05) is 79.7 Å². The van der Waals surface area contributed by atoms with Crippen LogP contribution in [0.4, 0.5) is 5.69 Å². The smallest absolute Gasteiger partial charge is 0.266 e. The van der Waals surface area contributed by atoms with Crippen molar-refractivity contribution < 1.29 is 23.7 Å². The minimum Gasteiger partial charge on any atom is -0.497 e. The van der Waals surface area contributed by atoms with E-state index >= 15 is 0 Å². The minimum absolute atomic E-state index is 0.127. The van der Waals surface area contributed by atoms with Crippen LogP contribution >= 0.6 is 27.7 Å². The van der Waals surface area contributed by atoms with Crippen LogP contribution in [0.3, 0.4) is 0 Å². The molecule has 0 bridgehead atoms. The number of rotatable bonds is 13. The normalized spacial score (nSPS) is 15.0. The molecule has 0 aromatic heterocycles. The molecule has 1 fully saturated rings. The summed E-state index contributed by atoms with van der Waals surface area (Å²) < 4.78 is 23.8. The standard InChI is InChI=1S/C32H33BrN2O5S/c1-5-7-24-18-23(19-28(39-6-2)30(24)40-21-22-8-10-25(33)11-9-22)20-29-31(36)35(16-17-37-3)32(41-29)34-26-12-14-27(38-4)15-13-26/h5,8-15,18-20H,1,6-7,16-17,21H2,2-4H3/b29-20-,34-32?. The molecule has 0 spiro atoms. The Morgan fingerprint density at radius 2 is 1.80 bits per heavy atom. The van der Waals surface area contributed by atoms with E-state index in [1.54, 1.807) is 19.1 Å². The van der Waals surface area contributed by atoms with Gasteiger partial charge in [0, 0.05) is 17.1 Å². The van der Waals surface area contributed by atoms with E-state index in [2.05, 4.69) is 22.5 Å². The second-order valence-corrected chi connectivity index (χ2v) is 10.9. The maximum atomic E-state index is 13.5. The summed E-state index contributed by atoms with van der Waals surface area (Å²) in [5, 5.41) is 0.592. The third kappa shape index (κ3) is 8.03. The van der Waals surface area contributed by atoms with Crippen molar-refractivity contribution in [1.29, 1.82) is 0 Å². The number of nitrogens with zero attached hydrogens (tertiary/aromatic N) is 2. The van der Waals surface area contributed by atoms with Crippen LogP contribution in [0.15, 0.2) is 87.7 Å². The summed E-state index contributed by atoms with van der Waals surface area (Å²) in [6, 6.07) is 19.3.